The number of ether oxygens (including phenoxy) is 2. The molecule has 0 spiro atoms. The molecule has 0 saturated heterocycles. The number of benzene rings is 1. The number of thiazole rings is 1. The van der Waals surface area contributed by atoms with E-state index in [1.165, 1.54) is 11.3 Å². The Balaban J connectivity index is 2.21. The van der Waals surface area contributed by atoms with Crippen LogP contribution in [0.15, 0.2) is 30.9 Å². The predicted octanol–water partition coefficient (Wildman–Crippen LogP) is 4.96. The fourth-order valence-electron chi connectivity index (χ4n) is 2.05. The molecule has 0 aliphatic heterocycles. The second-order valence-corrected chi connectivity index (χ2v) is 7.32. The number of carbonyl (C=O) groups is 2. The Bertz CT molecular complexity index is 794. The highest BCUT2D eigenvalue weighted by Crippen LogP contribution is 2.32. The smallest absolute Gasteiger partial charge is 0.450 e. The van der Waals surface area contributed by atoms with Crippen molar-refractivity contribution >= 4 is 39.5 Å². The molecule has 2 N–H and O–H groups in total. The first kappa shape index (κ1) is 18.7. The first-order valence-corrected chi connectivity index (χ1v) is 8.40. The topological polar surface area (TPSA) is 97.8 Å². The average Bonchev–Trinajstić information content (AvgIpc) is 2.87. The molecule has 7 nitrogen and oxygen atoms in total. The van der Waals surface area contributed by atoms with Crippen molar-refractivity contribution < 1.29 is 24.2 Å². The van der Waals surface area contributed by atoms with E-state index < -0.39 is 24.0 Å². The van der Waals surface area contributed by atoms with Gasteiger partial charge in [0, 0.05) is 12.1 Å². The van der Waals surface area contributed by atoms with Gasteiger partial charge in [-0.2, -0.15) is 0 Å². The summed E-state index contributed by atoms with van der Waals surface area (Å²) in [6.07, 6.45) is -0.710. The van der Waals surface area contributed by atoms with Gasteiger partial charge in [0.25, 0.3) is 0 Å². The molecule has 0 aliphatic rings. The third-order valence-electron chi connectivity index (χ3n) is 2.95. The van der Waals surface area contributed by atoms with Crippen LogP contribution in [-0.4, -0.2) is 27.9 Å². The number of rotatable bonds is 5. The molecule has 0 fully saturated rings. The number of carboxylic acid groups (broad SMARTS) is 1. The van der Waals surface area contributed by atoms with Crippen molar-refractivity contribution in [3.63, 3.8) is 0 Å². The molecule has 134 valence electrons. The largest absolute Gasteiger partial charge is 0.506 e. The van der Waals surface area contributed by atoms with Crippen LogP contribution in [0.4, 0.5) is 15.3 Å². The minimum atomic E-state index is -1.36. The molecule has 1 aromatic carbocycles. The second-order valence-electron chi connectivity index (χ2n) is 6.26. The van der Waals surface area contributed by atoms with Gasteiger partial charge in [0.15, 0.2) is 6.10 Å². The lowest BCUT2D eigenvalue weighted by atomic mass is 10.2. The SMILES string of the molecule is C=CCC(OC(=O)O)c1nc2cc(NC(=O)OC(C)(C)C)ccc2s1. The lowest BCUT2D eigenvalue weighted by molar-refractivity contribution is 0.0522. The molecule has 1 atom stereocenters. The minimum Gasteiger partial charge on any atom is -0.450 e. The molecule has 0 aliphatic carbocycles. The highest BCUT2D eigenvalue weighted by Gasteiger charge is 2.20. The molecule has 25 heavy (non-hydrogen) atoms. The minimum absolute atomic E-state index is 0.329. The van der Waals surface area contributed by atoms with Gasteiger partial charge < -0.3 is 14.6 Å². The van der Waals surface area contributed by atoms with E-state index in [1.54, 1.807) is 45.0 Å². The van der Waals surface area contributed by atoms with E-state index in [4.69, 9.17) is 14.6 Å². The zero-order valence-electron chi connectivity index (χ0n) is 14.2. The highest BCUT2D eigenvalue weighted by molar-refractivity contribution is 7.18. The maximum absolute atomic E-state index is 11.8. The first-order valence-electron chi connectivity index (χ1n) is 7.59. The van der Waals surface area contributed by atoms with Crippen molar-refractivity contribution in [3.8, 4) is 0 Å². The van der Waals surface area contributed by atoms with Gasteiger partial charge in [-0.3, -0.25) is 5.32 Å². The van der Waals surface area contributed by atoms with Crippen LogP contribution in [0, 0.1) is 0 Å². The Hall–Kier alpha value is -2.61. The van der Waals surface area contributed by atoms with Crippen molar-refractivity contribution in [1.82, 2.24) is 4.98 Å². The summed E-state index contributed by atoms with van der Waals surface area (Å²) in [7, 11) is 0. The molecule has 1 amide bonds. The monoisotopic (exact) mass is 364 g/mol. The summed E-state index contributed by atoms with van der Waals surface area (Å²) >= 11 is 1.33. The standard InChI is InChI=1S/C17H20N2O5S/c1-5-6-12(23-16(21)22)14-19-11-9-10(7-8-13(11)25-14)18-15(20)24-17(2,3)4/h5,7-9,12H,1,6H2,2-4H3,(H,18,20)(H,21,22). The van der Waals surface area contributed by atoms with Crippen LogP contribution in [0.3, 0.4) is 0 Å². The van der Waals surface area contributed by atoms with E-state index in [1.807, 2.05) is 0 Å². The number of hydrogen-bond acceptors (Lipinski definition) is 6. The van der Waals surface area contributed by atoms with E-state index in [-0.39, 0.29) is 0 Å². The molecule has 0 saturated carbocycles. The van der Waals surface area contributed by atoms with Gasteiger partial charge in [-0.15, -0.1) is 17.9 Å². The Kier molecular flexibility index (Phi) is 5.63. The van der Waals surface area contributed by atoms with Gasteiger partial charge >= 0.3 is 12.2 Å². The first-order chi connectivity index (χ1) is 11.7. The fourth-order valence-corrected chi connectivity index (χ4v) is 3.04. The summed E-state index contributed by atoms with van der Waals surface area (Å²) in [5.74, 6) is 0. The molecule has 2 aromatic rings. The van der Waals surface area contributed by atoms with Crippen LogP contribution in [0.2, 0.25) is 0 Å². The third kappa shape index (κ3) is 5.46. The lowest BCUT2D eigenvalue weighted by Gasteiger charge is -2.19. The van der Waals surface area contributed by atoms with Crippen molar-refractivity contribution in [2.45, 2.75) is 38.9 Å². The van der Waals surface area contributed by atoms with Crippen molar-refractivity contribution in [2.75, 3.05) is 5.32 Å². The van der Waals surface area contributed by atoms with Gasteiger partial charge in [0.05, 0.1) is 10.2 Å². The van der Waals surface area contributed by atoms with E-state index >= 15 is 0 Å². The zero-order chi connectivity index (χ0) is 18.6. The van der Waals surface area contributed by atoms with Crippen LogP contribution < -0.4 is 5.32 Å². The fraction of sp³-hybridized carbons (Fsp3) is 0.353. The Morgan fingerprint density at radius 2 is 2.16 bits per heavy atom. The summed E-state index contributed by atoms with van der Waals surface area (Å²) in [5, 5.41) is 12.0. The summed E-state index contributed by atoms with van der Waals surface area (Å²) in [4.78, 5) is 27.1. The molecule has 8 heteroatoms. The van der Waals surface area contributed by atoms with Crippen molar-refractivity contribution in [3.05, 3.63) is 35.9 Å². The third-order valence-corrected chi connectivity index (χ3v) is 4.08. The van der Waals surface area contributed by atoms with Crippen molar-refractivity contribution in [1.29, 1.82) is 0 Å². The number of aromatic nitrogens is 1. The summed E-state index contributed by atoms with van der Waals surface area (Å²) < 4.78 is 10.9. The van der Waals surface area contributed by atoms with Crippen LogP contribution in [0.1, 0.15) is 38.3 Å². The van der Waals surface area contributed by atoms with Gasteiger partial charge in [-0.25, -0.2) is 14.6 Å². The number of amides is 1. The number of carbonyl (C=O) groups excluding carboxylic acids is 1. The normalized spacial score (nSPS) is 12.4. The molecular weight excluding hydrogens is 344 g/mol. The van der Waals surface area contributed by atoms with Crippen LogP contribution >= 0.6 is 11.3 Å². The van der Waals surface area contributed by atoms with E-state index in [2.05, 4.69) is 16.9 Å². The molecule has 1 heterocycles. The molecule has 1 unspecified atom stereocenters. The zero-order valence-corrected chi connectivity index (χ0v) is 15.1. The molecule has 2 rings (SSSR count). The van der Waals surface area contributed by atoms with E-state index in [0.717, 1.165) is 4.70 Å². The second kappa shape index (κ2) is 7.52. The quantitative estimate of drug-likeness (QED) is 0.575. The number of fused-ring (bicyclic) bond motifs is 1. The van der Waals surface area contributed by atoms with Gasteiger partial charge in [-0.1, -0.05) is 6.08 Å². The molecule has 0 bridgehead atoms. The number of hydrogen-bond donors (Lipinski definition) is 2. The predicted molar refractivity (Wildman–Crippen MR) is 96.1 cm³/mol. The van der Waals surface area contributed by atoms with Gasteiger partial charge in [0.2, 0.25) is 0 Å². The van der Waals surface area contributed by atoms with E-state index in [9.17, 15) is 9.59 Å². The number of anilines is 1. The Morgan fingerprint density at radius 3 is 2.76 bits per heavy atom. The Labute approximate surface area is 149 Å². The summed E-state index contributed by atoms with van der Waals surface area (Å²) in [6.45, 7) is 8.95. The summed E-state index contributed by atoms with van der Waals surface area (Å²) in [5.41, 5.74) is 0.586. The van der Waals surface area contributed by atoms with E-state index in [0.29, 0.717) is 22.6 Å². The lowest BCUT2D eigenvalue weighted by Crippen LogP contribution is -2.27. The average molecular weight is 364 g/mol. The van der Waals surface area contributed by atoms with Crippen molar-refractivity contribution in [2.24, 2.45) is 0 Å². The number of nitrogens with zero attached hydrogens (tertiary/aromatic N) is 1. The van der Waals surface area contributed by atoms with Crippen LogP contribution in [0.25, 0.3) is 10.2 Å². The molecule has 1 aromatic heterocycles. The molecular formula is C17H20N2O5S. The number of nitrogens with one attached hydrogen (secondary N) is 1. The van der Waals surface area contributed by atoms with Crippen LogP contribution in [0.5, 0.6) is 0 Å². The maximum Gasteiger partial charge on any atom is 0.506 e. The van der Waals surface area contributed by atoms with Gasteiger partial charge in [0.1, 0.15) is 10.6 Å². The van der Waals surface area contributed by atoms with Crippen LogP contribution in [-0.2, 0) is 9.47 Å². The Morgan fingerprint density at radius 1 is 1.44 bits per heavy atom. The van der Waals surface area contributed by atoms with Gasteiger partial charge in [-0.05, 0) is 39.0 Å². The summed E-state index contributed by atoms with van der Waals surface area (Å²) in [6, 6.07) is 5.23. The molecule has 0 radical (unpaired) electrons. The highest BCUT2D eigenvalue weighted by atomic mass is 32.1. The maximum atomic E-state index is 11.8.